The van der Waals surface area contributed by atoms with Gasteiger partial charge < -0.3 is 5.11 Å². The van der Waals surface area contributed by atoms with Crippen molar-refractivity contribution in [2.45, 2.75) is 0 Å². The van der Waals surface area contributed by atoms with E-state index in [1.54, 1.807) is 0 Å². The minimum atomic E-state index is -1.17. The molecule has 0 aliphatic carbocycles. The third-order valence-electron chi connectivity index (χ3n) is 0.806. The summed E-state index contributed by atoms with van der Waals surface area (Å²) < 4.78 is 0. The Morgan fingerprint density at radius 2 is 2.36 bits per heavy atom. The number of carbonyl (C=O) groups is 1. The van der Waals surface area contributed by atoms with Gasteiger partial charge in [-0.15, -0.1) is 5.10 Å². The molecule has 0 saturated heterocycles. The molecule has 0 aromatic carbocycles. The predicted molar refractivity (Wildman–Crippen MR) is 36.1 cm³/mol. The Morgan fingerprint density at radius 1 is 1.73 bits per heavy atom. The first kappa shape index (κ1) is 10.2. The summed E-state index contributed by atoms with van der Waals surface area (Å²) >= 11 is 4.47. The zero-order valence-corrected chi connectivity index (χ0v) is 6.80. The van der Waals surface area contributed by atoms with Gasteiger partial charge in [-0.05, 0) is 0 Å². The molecule has 0 fully saturated rings. The molecule has 5 nitrogen and oxygen atoms in total. The number of hydrogen-bond donors (Lipinski definition) is 2. The Hall–Kier alpha value is -0.781. The van der Waals surface area contributed by atoms with Gasteiger partial charge in [-0.3, -0.25) is 5.10 Å². The van der Waals surface area contributed by atoms with Crippen LogP contribution >= 0.6 is 12.2 Å². The maximum atomic E-state index is 10.1. The summed E-state index contributed by atoms with van der Waals surface area (Å²) in [5.41, 5.74) is 0. The van der Waals surface area contributed by atoms with Crippen molar-refractivity contribution in [2.24, 2.45) is 0 Å². The number of H-pyrrole nitrogens is 1. The molecule has 0 atom stereocenters. The van der Waals surface area contributed by atoms with Gasteiger partial charge in [0, 0.05) is 22.4 Å². The van der Waals surface area contributed by atoms with Gasteiger partial charge in [0.15, 0.2) is 5.82 Å². The number of hydrogen-bond acceptors (Lipinski definition) is 4. The van der Waals surface area contributed by atoms with Gasteiger partial charge >= 0.3 is 5.97 Å². The van der Waals surface area contributed by atoms with Crippen LogP contribution in [0.15, 0.2) is 0 Å². The second kappa shape index (κ2) is 4.17. The molecule has 1 aromatic rings. The van der Waals surface area contributed by atoms with E-state index in [-0.39, 0.29) is 28.7 Å². The van der Waals surface area contributed by atoms with Crippen LogP contribution in [0, 0.1) is 0 Å². The SMILES string of the molecule is O=C(O)c1n[nH]c(C=S)n1.[Cu]. The number of aromatic amines is 1. The maximum Gasteiger partial charge on any atom is 0.375 e. The molecule has 0 unspecified atom stereocenters. The minimum absolute atomic E-state index is 0. The van der Waals surface area contributed by atoms with Crippen LogP contribution < -0.4 is 0 Å². The molecule has 1 heterocycles. The molecule has 2 N–H and O–H groups in total. The topological polar surface area (TPSA) is 78.9 Å². The quantitative estimate of drug-likeness (QED) is 0.535. The number of aromatic carboxylic acids is 1. The Morgan fingerprint density at radius 3 is 2.64 bits per heavy atom. The van der Waals surface area contributed by atoms with Crippen molar-refractivity contribution in [1.82, 2.24) is 15.2 Å². The molecule has 63 valence electrons. The summed E-state index contributed by atoms with van der Waals surface area (Å²) in [4.78, 5) is 13.6. The Balaban J connectivity index is 0.000001000. The van der Waals surface area contributed by atoms with Crippen molar-refractivity contribution in [1.29, 1.82) is 0 Å². The number of carboxylic acid groups (broad SMARTS) is 1. The fourth-order valence-corrected chi connectivity index (χ4v) is 0.528. The molecule has 0 saturated carbocycles. The number of carboxylic acids is 1. The summed E-state index contributed by atoms with van der Waals surface area (Å²) in [5, 5.41) is 15.2. The van der Waals surface area contributed by atoms with Gasteiger partial charge in [0.05, 0.1) is 0 Å². The molecule has 1 radical (unpaired) electrons. The van der Waals surface area contributed by atoms with Crippen LogP contribution in [0.3, 0.4) is 0 Å². The third kappa shape index (κ3) is 2.38. The van der Waals surface area contributed by atoms with Crippen LogP contribution in [0.5, 0.6) is 0 Å². The first-order valence-corrected chi connectivity index (χ1v) is 2.82. The van der Waals surface area contributed by atoms with Crippen LogP contribution in [0.1, 0.15) is 16.4 Å². The molecule has 0 amide bonds. The summed E-state index contributed by atoms with van der Waals surface area (Å²) in [6.45, 7) is 0. The van der Waals surface area contributed by atoms with E-state index >= 15 is 0 Å². The van der Waals surface area contributed by atoms with Crippen molar-refractivity contribution in [3.63, 3.8) is 0 Å². The van der Waals surface area contributed by atoms with Crippen molar-refractivity contribution in [3.05, 3.63) is 11.6 Å². The van der Waals surface area contributed by atoms with Crippen LogP contribution in [-0.2, 0) is 17.1 Å². The minimum Gasteiger partial charge on any atom is -0.475 e. The normalized spacial score (nSPS) is 8.36. The van der Waals surface area contributed by atoms with E-state index in [9.17, 15) is 4.79 Å². The van der Waals surface area contributed by atoms with Crippen LogP contribution in [0.2, 0.25) is 0 Å². The van der Waals surface area contributed by atoms with Crippen molar-refractivity contribution >= 4 is 23.6 Å². The summed E-state index contributed by atoms with van der Waals surface area (Å²) in [6.07, 6.45) is 0. The standard InChI is InChI=1S/C4H3N3O2S.Cu/c8-4(9)3-5-2(1-10)6-7-3;/h1H,(H,8,9)(H,5,6,7);. The van der Waals surface area contributed by atoms with E-state index in [4.69, 9.17) is 5.11 Å². The summed E-state index contributed by atoms with van der Waals surface area (Å²) in [6, 6.07) is 0. The van der Waals surface area contributed by atoms with E-state index in [2.05, 4.69) is 27.4 Å². The smallest absolute Gasteiger partial charge is 0.375 e. The average Bonchev–Trinajstić information content (AvgIpc) is 2.34. The fourth-order valence-electron chi connectivity index (χ4n) is 0.423. The summed E-state index contributed by atoms with van der Waals surface area (Å²) in [7, 11) is 0. The van der Waals surface area contributed by atoms with Gasteiger partial charge in [0.2, 0.25) is 0 Å². The van der Waals surface area contributed by atoms with E-state index in [0.29, 0.717) is 0 Å². The van der Waals surface area contributed by atoms with Crippen molar-refractivity contribution in [3.8, 4) is 0 Å². The molecule has 0 aliphatic rings. The maximum absolute atomic E-state index is 10.1. The van der Waals surface area contributed by atoms with Crippen molar-refractivity contribution < 1.29 is 27.0 Å². The monoisotopic (exact) mass is 220 g/mol. The van der Waals surface area contributed by atoms with E-state index < -0.39 is 5.97 Å². The number of rotatable bonds is 2. The van der Waals surface area contributed by atoms with E-state index in [1.165, 1.54) is 5.37 Å². The third-order valence-corrected chi connectivity index (χ3v) is 1.03. The Kier molecular flexibility index (Phi) is 3.88. The molecule has 1 aromatic heterocycles. The van der Waals surface area contributed by atoms with Crippen molar-refractivity contribution in [2.75, 3.05) is 0 Å². The number of thiocarbonyl (C=S) groups is 1. The fraction of sp³-hybridized carbons (Fsp3) is 0. The number of nitrogens with zero attached hydrogens (tertiary/aromatic N) is 2. The molecular formula is C4H3CuN3O2S. The molecule has 0 aliphatic heterocycles. The number of aromatic nitrogens is 3. The molecular weight excluding hydrogens is 218 g/mol. The molecule has 0 spiro atoms. The largest absolute Gasteiger partial charge is 0.475 e. The van der Waals surface area contributed by atoms with Gasteiger partial charge in [-0.2, -0.15) is 0 Å². The Labute approximate surface area is 77.7 Å². The molecule has 11 heavy (non-hydrogen) atoms. The van der Waals surface area contributed by atoms with E-state index in [1.807, 2.05) is 0 Å². The Bertz CT molecular complexity index is 274. The van der Waals surface area contributed by atoms with Gasteiger partial charge in [0.1, 0.15) is 0 Å². The van der Waals surface area contributed by atoms with Gasteiger partial charge in [-0.1, -0.05) is 12.2 Å². The van der Waals surface area contributed by atoms with Crippen LogP contribution in [0.4, 0.5) is 0 Å². The number of nitrogens with one attached hydrogen (secondary N) is 1. The first-order chi connectivity index (χ1) is 4.74. The molecule has 0 bridgehead atoms. The van der Waals surface area contributed by atoms with Crippen LogP contribution in [-0.4, -0.2) is 31.6 Å². The van der Waals surface area contributed by atoms with E-state index in [0.717, 1.165) is 0 Å². The van der Waals surface area contributed by atoms with Gasteiger partial charge in [-0.25, -0.2) is 9.78 Å². The second-order valence-corrected chi connectivity index (χ2v) is 1.70. The predicted octanol–water partition coefficient (Wildman–Crippen LogP) is -0.152. The van der Waals surface area contributed by atoms with Gasteiger partial charge in [0.25, 0.3) is 5.82 Å². The zero-order valence-electron chi connectivity index (χ0n) is 5.04. The molecule has 7 heteroatoms. The zero-order chi connectivity index (χ0) is 7.56. The molecule has 1 rings (SSSR count). The average molecular weight is 221 g/mol. The van der Waals surface area contributed by atoms with Crippen LogP contribution in [0.25, 0.3) is 0 Å². The first-order valence-electron chi connectivity index (χ1n) is 2.35. The summed E-state index contributed by atoms with van der Waals surface area (Å²) in [5.74, 6) is -1.15. The second-order valence-electron chi connectivity index (χ2n) is 1.47.